The second-order valence-electron chi connectivity index (χ2n) is 5.00. The molecule has 0 aliphatic heterocycles. The van der Waals surface area contributed by atoms with E-state index in [-0.39, 0.29) is 0 Å². The monoisotopic (exact) mass is 250 g/mol. The second kappa shape index (κ2) is 5.87. The van der Waals surface area contributed by atoms with Gasteiger partial charge in [0.1, 0.15) is 0 Å². The van der Waals surface area contributed by atoms with E-state index in [9.17, 15) is 0 Å². The van der Waals surface area contributed by atoms with Crippen LogP contribution in [0.3, 0.4) is 0 Å². The van der Waals surface area contributed by atoms with E-state index in [1.807, 2.05) is 24.2 Å². The van der Waals surface area contributed by atoms with Gasteiger partial charge < -0.3 is 5.32 Å². The zero-order chi connectivity index (χ0) is 12.1. The first-order chi connectivity index (χ1) is 8.26. The Hall–Kier alpha value is -0.540. The predicted molar refractivity (Wildman–Crippen MR) is 75.4 cm³/mol. The molecule has 2 rings (SSSR count). The normalized spacial score (nSPS) is 18.5. The van der Waals surface area contributed by atoms with Gasteiger partial charge in [-0.1, -0.05) is 12.8 Å². The summed E-state index contributed by atoms with van der Waals surface area (Å²) in [6.07, 6.45) is 11.6. The van der Waals surface area contributed by atoms with Crippen LogP contribution in [0.2, 0.25) is 0 Å². The van der Waals surface area contributed by atoms with Gasteiger partial charge in [0.2, 0.25) is 0 Å². The van der Waals surface area contributed by atoms with Crippen molar-refractivity contribution < 1.29 is 0 Å². The molecule has 1 saturated carbocycles. The number of hydrogen-bond acceptors (Lipinski definition) is 3. The zero-order valence-electron chi connectivity index (χ0n) is 10.8. The van der Waals surface area contributed by atoms with Gasteiger partial charge in [0, 0.05) is 30.2 Å². The highest BCUT2D eigenvalue weighted by Crippen LogP contribution is 2.39. The Morgan fingerprint density at radius 3 is 2.82 bits per heavy atom. The molecule has 1 aliphatic rings. The Morgan fingerprint density at radius 2 is 2.18 bits per heavy atom. The average Bonchev–Trinajstić information content (AvgIpc) is 2.81. The molecule has 0 amide bonds. The molecule has 0 spiro atoms. The van der Waals surface area contributed by atoms with Crippen molar-refractivity contribution in [1.82, 2.24) is 10.3 Å². The van der Waals surface area contributed by atoms with Crippen molar-refractivity contribution in [2.75, 3.05) is 12.8 Å². The van der Waals surface area contributed by atoms with Gasteiger partial charge in [-0.15, -0.1) is 0 Å². The third-order valence-corrected chi connectivity index (χ3v) is 5.28. The van der Waals surface area contributed by atoms with E-state index in [2.05, 4.69) is 29.5 Å². The molecule has 1 N–H and O–H groups in total. The summed E-state index contributed by atoms with van der Waals surface area (Å²) >= 11 is 2.04. The topological polar surface area (TPSA) is 24.9 Å². The van der Waals surface area contributed by atoms with Crippen molar-refractivity contribution in [3.8, 4) is 0 Å². The molecule has 3 heteroatoms. The minimum atomic E-state index is 0.496. The maximum absolute atomic E-state index is 4.19. The van der Waals surface area contributed by atoms with Gasteiger partial charge >= 0.3 is 0 Å². The van der Waals surface area contributed by atoms with Gasteiger partial charge in [0.15, 0.2) is 0 Å². The van der Waals surface area contributed by atoms with Crippen molar-refractivity contribution in [2.24, 2.45) is 0 Å². The van der Waals surface area contributed by atoms with Crippen LogP contribution in [0.15, 0.2) is 18.5 Å². The molecule has 0 atom stereocenters. The fraction of sp³-hybridized carbons (Fsp3) is 0.643. The Morgan fingerprint density at radius 1 is 1.41 bits per heavy atom. The first kappa shape index (κ1) is 12.9. The number of nitrogens with one attached hydrogen (secondary N) is 1. The highest BCUT2D eigenvalue weighted by atomic mass is 32.2. The number of pyridine rings is 1. The molecule has 0 radical (unpaired) electrons. The number of thioether (sulfide) groups is 1. The van der Waals surface area contributed by atoms with Crippen molar-refractivity contribution in [3.05, 3.63) is 29.6 Å². The lowest BCUT2D eigenvalue weighted by Crippen LogP contribution is -2.34. The quantitative estimate of drug-likeness (QED) is 0.869. The minimum Gasteiger partial charge on any atom is -0.311 e. The van der Waals surface area contributed by atoms with Crippen LogP contribution in [0, 0.1) is 6.92 Å². The molecular formula is C14H22N2S. The van der Waals surface area contributed by atoms with Crippen molar-refractivity contribution >= 4 is 11.8 Å². The van der Waals surface area contributed by atoms with Crippen molar-refractivity contribution in [1.29, 1.82) is 0 Å². The van der Waals surface area contributed by atoms with Crippen molar-refractivity contribution in [2.45, 2.75) is 43.9 Å². The van der Waals surface area contributed by atoms with Crippen LogP contribution in [0.4, 0.5) is 0 Å². The maximum atomic E-state index is 4.19. The fourth-order valence-electron chi connectivity index (χ4n) is 2.58. The van der Waals surface area contributed by atoms with E-state index in [4.69, 9.17) is 0 Å². The van der Waals surface area contributed by atoms with E-state index in [1.165, 1.54) is 36.8 Å². The number of rotatable bonds is 5. The zero-order valence-corrected chi connectivity index (χ0v) is 11.6. The molecule has 94 valence electrons. The summed E-state index contributed by atoms with van der Waals surface area (Å²) in [5.74, 6) is 0. The van der Waals surface area contributed by atoms with Crippen LogP contribution < -0.4 is 5.32 Å². The summed E-state index contributed by atoms with van der Waals surface area (Å²) in [7, 11) is 0. The standard InChI is InChI=1S/C14H22N2S/c1-12-5-8-15-9-13(12)10-16-11-14(17-2)6-3-4-7-14/h5,8-9,16H,3-4,6-7,10-11H2,1-2H3. The molecule has 1 fully saturated rings. The van der Waals surface area contributed by atoms with E-state index < -0.39 is 0 Å². The average molecular weight is 250 g/mol. The van der Waals surface area contributed by atoms with Crippen LogP contribution in [-0.2, 0) is 6.54 Å². The lowest BCUT2D eigenvalue weighted by molar-refractivity contribution is 0.533. The first-order valence-corrected chi connectivity index (χ1v) is 7.64. The van der Waals surface area contributed by atoms with Crippen LogP contribution in [0.25, 0.3) is 0 Å². The molecule has 2 nitrogen and oxygen atoms in total. The molecule has 0 bridgehead atoms. The van der Waals surface area contributed by atoms with Crippen LogP contribution in [0.5, 0.6) is 0 Å². The van der Waals surface area contributed by atoms with Gasteiger partial charge in [-0.05, 0) is 43.2 Å². The van der Waals surface area contributed by atoms with Gasteiger partial charge in [-0.3, -0.25) is 4.98 Å². The summed E-state index contributed by atoms with van der Waals surface area (Å²) in [5.41, 5.74) is 2.65. The van der Waals surface area contributed by atoms with Gasteiger partial charge in [-0.2, -0.15) is 11.8 Å². The van der Waals surface area contributed by atoms with Crippen molar-refractivity contribution in [3.63, 3.8) is 0 Å². The van der Waals surface area contributed by atoms with Crippen LogP contribution in [0.1, 0.15) is 36.8 Å². The SMILES string of the molecule is CSC1(CNCc2cnccc2C)CCCC1. The molecule has 0 saturated heterocycles. The summed E-state index contributed by atoms with van der Waals surface area (Å²) in [5, 5.41) is 3.62. The highest BCUT2D eigenvalue weighted by molar-refractivity contribution is 8.00. The Kier molecular flexibility index (Phi) is 4.46. The van der Waals surface area contributed by atoms with Crippen LogP contribution >= 0.6 is 11.8 Å². The first-order valence-electron chi connectivity index (χ1n) is 6.41. The third-order valence-electron chi connectivity index (χ3n) is 3.86. The summed E-state index contributed by atoms with van der Waals surface area (Å²) in [6.45, 7) is 4.23. The lowest BCUT2D eigenvalue weighted by atomic mass is 10.1. The Bertz CT molecular complexity index is 359. The Balaban J connectivity index is 1.85. The third kappa shape index (κ3) is 3.23. The fourth-order valence-corrected chi connectivity index (χ4v) is 3.52. The molecule has 17 heavy (non-hydrogen) atoms. The smallest absolute Gasteiger partial charge is 0.0315 e. The van der Waals surface area contributed by atoms with Crippen LogP contribution in [-0.4, -0.2) is 22.5 Å². The van der Waals surface area contributed by atoms with Gasteiger partial charge in [-0.25, -0.2) is 0 Å². The molecule has 1 aliphatic carbocycles. The van der Waals surface area contributed by atoms with E-state index in [0.717, 1.165) is 13.1 Å². The molecule has 1 aromatic rings. The summed E-state index contributed by atoms with van der Waals surface area (Å²) in [4.78, 5) is 4.19. The number of nitrogens with zero attached hydrogens (tertiary/aromatic N) is 1. The summed E-state index contributed by atoms with van der Waals surface area (Å²) in [6, 6.07) is 2.08. The minimum absolute atomic E-state index is 0.496. The maximum Gasteiger partial charge on any atom is 0.0315 e. The predicted octanol–water partition coefficient (Wildman–Crippen LogP) is 3.16. The molecule has 1 heterocycles. The van der Waals surface area contributed by atoms with Gasteiger partial charge in [0.05, 0.1) is 0 Å². The molecule has 1 aromatic heterocycles. The Labute approximate surface area is 109 Å². The summed E-state index contributed by atoms with van der Waals surface area (Å²) < 4.78 is 0.496. The number of aryl methyl sites for hydroxylation is 1. The van der Waals surface area contributed by atoms with E-state index in [0.29, 0.717) is 4.75 Å². The lowest BCUT2D eigenvalue weighted by Gasteiger charge is -2.27. The van der Waals surface area contributed by atoms with Gasteiger partial charge in [0.25, 0.3) is 0 Å². The number of hydrogen-bond donors (Lipinski definition) is 1. The molecule has 0 aromatic carbocycles. The largest absolute Gasteiger partial charge is 0.311 e. The van der Waals surface area contributed by atoms with E-state index in [1.54, 1.807) is 0 Å². The molecular weight excluding hydrogens is 228 g/mol. The molecule has 0 unspecified atom stereocenters. The second-order valence-corrected chi connectivity index (χ2v) is 6.27. The number of aromatic nitrogens is 1. The highest BCUT2D eigenvalue weighted by Gasteiger charge is 2.32. The van der Waals surface area contributed by atoms with E-state index >= 15 is 0 Å².